The van der Waals surface area contributed by atoms with Crippen LogP contribution < -0.4 is 0 Å². The molecule has 0 saturated carbocycles. The first-order chi connectivity index (χ1) is 15.0. The summed E-state index contributed by atoms with van der Waals surface area (Å²) in [5.41, 5.74) is 3.69. The van der Waals surface area contributed by atoms with Gasteiger partial charge in [0.2, 0.25) is 5.91 Å². The molecule has 1 fully saturated rings. The molecule has 0 atom stereocenters. The van der Waals surface area contributed by atoms with E-state index in [-0.39, 0.29) is 5.91 Å². The highest BCUT2D eigenvalue weighted by molar-refractivity contribution is 6.31. The highest BCUT2D eigenvalue weighted by atomic mass is 35.5. The number of pyridine rings is 1. The lowest BCUT2D eigenvalue weighted by molar-refractivity contribution is -0.127. The Balaban J connectivity index is 1.31. The van der Waals surface area contributed by atoms with Crippen LogP contribution in [0.4, 0.5) is 0 Å². The van der Waals surface area contributed by atoms with E-state index in [2.05, 4.69) is 28.1 Å². The molecule has 4 heterocycles. The second kappa shape index (κ2) is 9.66. The molecule has 0 spiro atoms. The molecule has 0 N–H and O–H groups in total. The van der Waals surface area contributed by atoms with Crippen LogP contribution in [0.15, 0.2) is 36.7 Å². The average Bonchev–Trinajstić information content (AvgIpc) is 3.30. The van der Waals surface area contributed by atoms with Gasteiger partial charge in [-0.2, -0.15) is 5.10 Å². The molecule has 1 aliphatic rings. The summed E-state index contributed by atoms with van der Waals surface area (Å²) in [4.78, 5) is 21.6. The van der Waals surface area contributed by atoms with Crippen molar-refractivity contribution in [2.75, 3.05) is 26.2 Å². The first-order valence-electron chi connectivity index (χ1n) is 10.9. The van der Waals surface area contributed by atoms with Gasteiger partial charge in [-0.05, 0) is 31.6 Å². The number of nitrogens with zero attached hydrogens (tertiary/aromatic N) is 6. The second-order valence-corrected chi connectivity index (χ2v) is 8.36. The number of hydrogen-bond donors (Lipinski definition) is 0. The number of unbranched alkanes of at least 4 members (excludes halogenated alkanes) is 1. The van der Waals surface area contributed by atoms with Gasteiger partial charge in [0.1, 0.15) is 10.8 Å². The maximum absolute atomic E-state index is 12.7. The van der Waals surface area contributed by atoms with Gasteiger partial charge < -0.3 is 9.30 Å². The molecule has 0 aliphatic carbocycles. The topological polar surface area (TPSA) is 58.7 Å². The van der Waals surface area contributed by atoms with Crippen molar-refractivity contribution < 1.29 is 4.79 Å². The minimum Gasteiger partial charge on any atom is -0.337 e. The fraction of sp³-hybridized carbons (Fsp3) is 0.435. The SMILES string of the molecule is CCCCn1nc(C)c(/C=C/C(=O)N2CCN(Cc3cn4ccccc4n3)CC2)c1Cl. The van der Waals surface area contributed by atoms with Crippen LogP contribution in [0.1, 0.15) is 36.7 Å². The fourth-order valence-electron chi connectivity index (χ4n) is 3.89. The van der Waals surface area contributed by atoms with Gasteiger partial charge in [-0.3, -0.25) is 14.4 Å². The molecule has 8 heteroatoms. The summed E-state index contributed by atoms with van der Waals surface area (Å²) in [5.74, 6) is 0.0177. The molecule has 164 valence electrons. The number of aromatic nitrogens is 4. The van der Waals surface area contributed by atoms with E-state index in [4.69, 9.17) is 11.6 Å². The zero-order chi connectivity index (χ0) is 21.8. The number of carbonyl (C=O) groups excluding carboxylic acids is 1. The van der Waals surface area contributed by atoms with E-state index >= 15 is 0 Å². The van der Waals surface area contributed by atoms with Crippen molar-refractivity contribution in [2.24, 2.45) is 0 Å². The number of fused-ring (bicyclic) bond motifs is 1. The van der Waals surface area contributed by atoms with Crippen LogP contribution in [0.5, 0.6) is 0 Å². The Bertz CT molecular complexity index is 1040. The summed E-state index contributed by atoms with van der Waals surface area (Å²) in [6.07, 6.45) is 9.62. The smallest absolute Gasteiger partial charge is 0.246 e. The molecule has 1 aliphatic heterocycles. The number of piperazine rings is 1. The number of rotatable bonds is 7. The molecule has 0 bridgehead atoms. The van der Waals surface area contributed by atoms with Crippen LogP contribution in [0.3, 0.4) is 0 Å². The van der Waals surface area contributed by atoms with E-state index in [0.717, 1.165) is 61.6 Å². The van der Waals surface area contributed by atoms with Gasteiger partial charge in [0.25, 0.3) is 0 Å². The molecule has 3 aromatic rings. The van der Waals surface area contributed by atoms with E-state index in [1.165, 1.54) is 0 Å². The molecule has 0 aromatic carbocycles. The Morgan fingerprint density at radius 2 is 2.03 bits per heavy atom. The van der Waals surface area contributed by atoms with E-state index in [0.29, 0.717) is 18.2 Å². The Labute approximate surface area is 187 Å². The normalized spacial score (nSPS) is 15.4. The van der Waals surface area contributed by atoms with Crippen LogP contribution in [-0.4, -0.2) is 61.1 Å². The zero-order valence-corrected chi connectivity index (χ0v) is 18.9. The van der Waals surface area contributed by atoms with Crippen LogP contribution in [0.2, 0.25) is 5.15 Å². The van der Waals surface area contributed by atoms with E-state index in [1.54, 1.807) is 12.2 Å². The summed E-state index contributed by atoms with van der Waals surface area (Å²) in [5, 5.41) is 5.10. The first kappa shape index (κ1) is 21.6. The van der Waals surface area contributed by atoms with Crippen molar-refractivity contribution in [2.45, 2.75) is 39.8 Å². The number of amides is 1. The van der Waals surface area contributed by atoms with Gasteiger partial charge in [-0.15, -0.1) is 0 Å². The summed E-state index contributed by atoms with van der Waals surface area (Å²) >= 11 is 6.47. The molecule has 4 rings (SSSR count). The highest BCUT2D eigenvalue weighted by Gasteiger charge is 2.21. The molecule has 1 amide bonds. The van der Waals surface area contributed by atoms with Crippen LogP contribution in [0, 0.1) is 6.92 Å². The summed E-state index contributed by atoms with van der Waals surface area (Å²) in [7, 11) is 0. The van der Waals surface area contributed by atoms with Crippen molar-refractivity contribution in [1.29, 1.82) is 0 Å². The van der Waals surface area contributed by atoms with E-state index in [1.807, 2.05) is 45.3 Å². The van der Waals surface area contributed by atoms with Crippen LogP contribution in [-0.2, 0) is 17.9 Å². The Morgan fingerprint density at radius 3 is 2.77 bits per heavy atom. The number of aryl methyl sites for hydroxylation is 2. The van der Waals surface area contributed by atoms with Crippen molar-refractivity contribution >= 4 is 29.2 Å². The van der Waals surface area contributed by atoms with Crippen LogP contribution in [0.25, 0.3) is 11.7 Å². The Kier molecular flexibility index (Phi) is 6.73. The Hall–Kier alpha value is -2.64. The van der Waals surface area contributed by atoms with Crippen molar-refractivity contribution in [3.05, 3.63) is 58.8 Å². The standard InChI is InChI=1S/C23H29ClN6O/c1-3-4-11-30-23(24)20(18(2)26-30)8-9-22(31)28-14-12-27(13-15-28)16-19-17-29-10-6-5-7-21(29)25-19/h5-10,17H,3-4,11-16H2,1-2H3/b9-8+. The van der Waals surface area contributed by atoms with Gasteiger partial charge in [0.15, 0.2) is 0 Å². The number of carbonyl (C=O) groups is 1. The lowest BCUT2D eigenvalue weighted by Gasteiger charge is -2.33. The van der Waals surface area contributed by atoms with Crippen molar-refractivity contribution in [3.63, 3.8) is 0 Å². The molecule has 31 heavy (non-hydrogen) atoms. The first-order valence-corrected chi connectivity index (χ1v) is 11.3. The molecular weight excluding hydrogens is 412 g/mol. The maximum atomic E-state index is 12.7. The third-order valence-corrected chi connectivity index (χ3v) is 6.11. The van der Waals surface area contributed by atoms with Crippen molar-refractivity contribution in [3.8, 4) is 0 Å². The second-order valence-electron chi connectivity index (χ2n) is 8.00. The minimum absolute atomic E-state index is 0.0177. The fourth-order valence-corrected chi connectivity index (χ4v) is 4.21. The largest absolute Gasteiger partial charge is 0.337 e. The quantitative estimate of drug-likeness (QED) is 0.526. The summed E-state index contributed by atoms with van der Waals surface area (Å²) in [6.45, 7) is 8.75. The molecular formula is C23H29ClN6O. The van der Waals surface area contributed by atoms with E-state index < -0.39 is 0 Å². The van der Waals surface area contributed by atoms with Gasteiger partial charge in [0.05, 0.1) is 11.4 Å². The van der Waals surface area contributed by atoms with Gasteiger partial charge >= 0.3 is 0 Å². The zero-order valence-electron chi connectivity index (χ0n) is 18.2. The third kappa shape index (κ3) is 4.99. The molecule has 1 saturated heterocycles. The van der Waals surface area contributed by atoms with Crippen molar-refractivity contribution in [1.82, 2.24) is 29.0 Å². The number of hydrogen-bond acceptors (Lipinski definition) is 4. The van der Waals surface area contributed by atoms with E-state index in [9.17, 15) is 4.79 Å². The predicted molar refractivity (Wildman–Crippen MR) is 123 cm³/mol. The van der Waals surface area contributed by atoms with Gasteiger partial charge in [0, 0.05) is 63.3 Å². The van der Waals surface area contributed by atoms with Gasteiger partial charge in [-0.25, -0.2) is 4.98 Å². The summed E-state index contributed by atoms with van der Waals surface area (Å²) < 4.78 is 3.86. The molecule has 7 nitrogen and oxygen atoms in total. The average molecular weight is 441 g/mol. The third-order valence-electron chi connectivity index (χ3n) is 5.71. The van der Waals surface area contributed by atoms with Gasteiger partial charge in [-0.1, -0.05) is 31.0 Å². The number of imidazole rings is 1. The van der Waals surface area contributed by atoms with Crippen LogP contribution >= 0.6 is 11.6 Å². The number of halogens is 1. The monoisotopic (exact) mass is 440 g/mol. The lowest BCUT2D eigenvalue weighted by Crippen LogP contribution is -2.47. The lowest BCUT2D eigenvalue weighted by atomic mass is 10.2. The minimum atomic E-state index is 0.0177. The summed E-state index contributed by atoms with van der Waals surface area (Å²) in [6, 6.07) is 6.00. The Morgan fingerprint density at radius 1 is 1.23 bits per heavy atom. The molecule has 3 aromatic heterocycles. The maximum Gasteiger partial charge on any atom is 0.246 e. The molecule has 0 unspecified atom stereocenters. The predicted octanol–water partition coefficient (Wildman–Crippen LogP) is 3.65. The highest BCUT2D eigenvalue weighted by Crippen LogP contribution is 2.22. The molecule has 0 radical (unpaired) electrons.